The Bertz CT molecular complexity index is 1440. The van der Waals surface area contributed by atoms with Crippen molar-refractivity contribution >= 4 is 33.0 Å². The highest BCUT2D eigenvalue weighted by Gasteiger charge is 2.23. The van der Waals surface area contributed by atoms with E-state index in [1.807, 2.05) is 35.1 Å². The molecule has 2 N–H and O–H groups in total. The molecule has 0 radical (unpaired) electrons. The molecule has 0 spiro atoms. The van der Waals surface area contributed by atoms with E-state index >= 15 is 0 Å². The van der Waals surface area contributed by atoms with Crippen molar-refractivity contribution < 1.29 is 22.0 Å². The maximum absolute atomic E-state index is 14.8. The average molecular weight is 471 g/mol. The second-order valence-electron chi connectivity index (χ2n) is 7.20. The molecule has 2 aromatic heterocycles. The van der Waals surface area contributed by atoms with Crippen molar-refractivity contribution in [1.82, 2.24) is 14.6 Å². The van der Waals surface area contributed by atoms with Crippen molar-refractivity contribution in [3.05, 3.63) is 78.1 Å². The summed E-state index contributed by atoms with van der Waals surface area (Å²) in [5.74, 6) is -3.79. The normalized spacial score (nSPS) is 11.5. The fourth-order valence-corrected chi connectivity index (χ4v) is 4.34. The van der Waals surface area contributed by atoms with E-state index in [1.165, 1.54) is 16.9 Å². The number of nitrogens with one attached hydrogen (secondary N) is 2. The molecule has 2 aromatic carbocycles. The highest BCUT2D eigenvalue weighted by Crippen LogP contribution is 2.24. The standard InChI is InChI=1S/C22H19F2N5O3S/c1-2-10-33(31,32)28-17-9-8-16(23)20(21(17)24)22(30)26-15-12-25-19-11-18(27-29(19)13-15)14-6-4-3-5-7-14/h3-9,11-13,28H,2,10H2,1H3,(H,26,30). The smallest absolute Gasteiger partial charge is 0.261 e. The van der Waals surface area contributed by atoms with Crippen LogP contribution in [0.5, 0.6) is 0 Å². The van der Waals surface area contributed by atoms with Crippen LogP contribution in [0.2, 0.25) is 0 Å². The number of halogens is 2. The van der Waals surface area contributed by atoms with Gasteiger partial charge >= 0.3 is 0 Å². The third-order valence-corrected chi connectivity index (χ3v) is 6.17. The van der Waals surface area contributed by atoms with Crippen molar-refractivity contribution in [3.8, 4) is 11.3 Å². The third kappa shape index (κ3) is 4.82. The molecule has 170 valence electrons. The highest BCUT2D eigenvalue weighted by atomic mass is 32.2. The Balaban J connectivity index is 1.61. The lowest BCUT2D eigenvalue weighted by atomic mass is 10.1. The van der Waals surface area contributed by atoms with Crippen molar-refractivity contribution in [2.45, 2.75) is 13.3 Å². The minimum atomic E-state index is -3.83. The van der Waals surface area contributed by atoms with Crippen LogP contribution in [0.25, 0.3) is 16.9 Å². The van der Waals surface area contributed by atoms with Crippen molar-refractivity contribution in [2.75, 3.05) is 15.8 Å². The van der Waals surface area contributed by atoms with Gasteiger partial charge in [-0.05, 0) is 18.6 Å². The first kappa shape index (κ1) is 22.3. The van der Waals surface area contributed by atoms with E-state index < -0.39 is 38.8 Å². The maximum atomic E-state index is 14.8. The number of amides is 1. The molecule has 0 bridgehead atoms. The van der Waals surface area contributed by atoms with Gasteiger partial charge in [-0.25, -0.2) is 26.7 Å². The zero-order valence-corrected chi connectivity index (χ0v) is 18.2. The number of anilines is 2. The predicted molar refractivity (Wildman–Crippen MR) is 120 cm³/mol. The SMILES string of the molecule is CCCS(=O)(=O)Nc1ccc(F)c(C(=O)Nc2cnc3cc(-c4ccccc4)nn3c2)c1F. The van der Waals surface area contributed by atoms with E-state index in [0.717, 1.165) is 17.7 Å². The average Bonchev–Trinajstić information content (AvgIpc) is 3.20. The largest absolute Gasteiger partial charge is 0.319 e. The van der Waals surface area contributed by atoms with Gasteiger partial charge in [-0.3, -0.25) is 9.52 Å². The Morgan fingerprint density at radius 3 is 2.61 bits per heavy atom. The molecule has 1 amide bonds. The summed E-state index contributed by atoms with van der Waals surface area (Å²) >= 11 is 0. The number of fused-ring (bicyclic) bond motifs is 1. The molecule has 0 saturated carbocycles. The fraction of sp³-hybridized carbons (Fsp3) is 0.136. The van der Waals surface area contributed by atoms with Gasteiger partial charge < -0.3 is 5.32 Å². The van der Waals surface area contributed by atoms with Crippen LogP contribution in [0, 0.1) is 11.6 Å². The molecular formula is C22H19F2N5O3S. The van der Waals surface area contributed by atoms with Crippen LogP contribution >= 0.6 is 0 Å². The molecule has 0 aliphatic rings. The lowest BCUT2D eigenvalue weighted by Crippen LogP contribution is -2.20. The summed E-state index contributed by atoms with van der Waals surface area (Å²) in [6, 6.07) is 12.9. The fourth-order valence-electron chi connectivity index (χ4n) is 3.21. The molecule has 0 fully saturated rings. The van der Waals surface area contributed by atoms with Gasteiger partial charge in [-0.15, -0.1) is 0 Å². The lowest BCUT2D eigenvalue weighted by Gasteiger charge is -2.12. The Morgan fingerprint density at radius 1 is 1.12 bits per heavy atom. The van der Waals surface area contributed by atoms with Gasteiger partial charge in [0.05, 0.1) is 35.2 Å². The summed E-state index contributed by atoms with van der Waals surface area (Å²) < 4.78 is 56.5. The molecule has 0 atom stereocenters. The minimum Gasteiger partial charge on any atom is -0.319 e. The van der Waals surface area contributed by atoms with Crippen molar-refractivity contribution in [3.63, 3.8) is 0 Å². The second kappa shape index (κ2) is 8.94. The number of sulfonamides is 1. The van der Waals surface area contributed by atoms with Crippen LogP contribution in [0.3, 0.4) is 0 Å². The van der Waals surface area contributed by atoms with Gasteiger partial charge in [0.25, 0.3) is 5.91 Å². The number of aromatic nitrogens is 3. The van der Waals surface area contributed by atoms with Gasteiger partial charge in [-0.2, -0.15) is 5.10 Å². The first-order chi connectivity index (χ1) is 15.8. The Kier molecular flexibility index (Phi) is 6.05. The molecule has 8 nitrogen and oxygen atoms in total. The van der Waals surface area contributed by atoms with Gasteiger partial charge in [0, 0.05) is 11.6 Å². The quantitative estimate of drug-likeness (QED) is 0.423. The minimum absolute atomic E-state index is 0.144. The summed E-state index contributed by atoms with van der Waals surface area (Å²) in [6.45, 7) is 1.65. The van der Waals surface area contributed by atoms with Crippen LogP contribution in [0.15, 0.2) is 60.9 Å². The Labute approximate surface area is 188 Å². The lowest BCUT2D eigenvalue weighted by molar-refractivity contribution is 0.101. The van der Waals surface area contributed by atoms with Crippen molar-refractivity contribution in [1.29, 1.82) is 0 Å². The number of nitrogens with zero attached hydrogens (tertiary/aromatic N) is 3. The molecule has 4 aromatic rings. The van der Waals surface area contributed by atoms with Gasteiger partial charge in [0.2, 0.25) is 10.0 Å². The van der Waals surface area contributed by atoms with Gasteiger partial charge in [-0.1, -0.05) is 37.3 Å². The van der Waals surface area contributed by atoms with Gasteiger partial charge in [0.1, 0.15) is 11.4 Å². The predicted octanol–water partition coefficient (Wildman–Crippen LogP) is 4.08. The number of hydrogen-bond acceptors (Lipinski definition) is 5. The summed E-state index contributed by atoms with van der Waals surface area (Å²) in [4.78, 5) is 16.8. The van der Waals surface area contributed by atoms with Gasteiger partial charge in [0.15, 0.2) is 11.5 Å². The monoisotopic (exact) mass is 471 g/mol. The van der Waals surface area contributed by atoms with Crippen LogP contribution in [-0.2, 0) is 10.0 Å². The first-order valence-electron chi connectivity index (χ1n) is 9.98. The molecule has 0 unspecified atom stereocenters. The molecule has 11 heteroatoms. The number of rotatable bonds is 7. The Morgan fingerprint density at radius 2 is 1.88 bits per heavy atom. The summed E-state index contributed by atoms with van der Waals surface area (Å²) in [6.07, 6.45) is 3.09. The van der Waals surface area contributed by atoms with E-state index in [0.29, 0.717) is 17.8 Å². The van der Waals surface area contributed by atoms with Crippen LogP contribution < -0.4 is 10.0 Å². The maximum Gasteiger partial charge on any atom is 0.261 e. The zero-order chi connectivity index (χ0) is 23.6. The topological polar surface area (TPSA) is 105 Å². The van der Waals surface area contributed by atoms with Crippen LogP contribution in [0.4, 0.5) is 20.2 Å². The summed E-state index contributed by atoms with van der Waals surface area (Å²) in [5, 5.41) is 6.79. The number of carbonyl (C=O) groups excluding carboxylic acids is 1. The van der Waals surface area contributed by atoms with E-state index in [-0.39, 0.29) is 11.4 Å². The van der Waals surface area contributed by atoms with E-state index in [1.54, 1.807) is 13.0 Å². The third-order valence-electron chi connectivity index (χ3n) is 4.70. The summed E-state index contributed by atoms with van der Waals surface area (Å²) in [5.41, 5.74) is 0.763. The second-order valence-corrected chi connectivity index (χ2v) is 9.04. The van der Waals surface area contributed by atoms with Crippen LogP contribution in [0.1, 0.15) is 23.7 Å². The molecule has 33 heavy (non-hydrogen) atoms. The van der Waals surface area contributed by atoms with E-state index in [4.69, 9.17) is 0 Å². The number of hydrogen-bond donors (Lipinski definition) is 2. The number of carbonyl (C=O) groups is 1. The first-order valence-corrected chi connectivity index (χ1v) is 11.6. The molecular weight excluding hydrogens is 452 g/mol. The van der Waals surface area contributed by atoms with Crippen molar-refractivity contribution in [2.24, 2.45) is 0 Å². The molecule has 0 aliphatic carbocycles. The van der Waals surface area contributed by atoms with Crippen LogP contribution in [-0.4, -0.2) is 34.7 Å². The zero-order valence-electron chi connectivity index (χ0n) is 17.4. The Hall–Kier alpha value is -3.86. The summed E-state index contributed by atoms with van der Waals surface area (Å²) in [7, 11) is -3.83. The van der Waals surface area contributed by atoms with E-state index in [2.05, 4.69) is 15.4 Å². The number of benzene rings is 2. The molecule has 0 saturated heterocycles. The highest BCUT2D eigenvalue weighted by molar-refractivity contribution is 7.92. The van der Waals surface area contributed by atoms with E-state index in [9.17, 15) is 22.0 Å². The molecule has 4 rings (SSSR count). The molecule has 2 heterocycles. The molecule has 0 aliphatic heterocycles.